The lowest BCUT2D eigenvalue weighted by molar-refractivity contribution is 0.0749. The standard InChI is InChI=1S/C16H22F2N2O3S/c17-13-9-14(18)11-16(10-13)24(21,22)20-5-2-4-19(6-7-20)12-15-3-1-8-23-15/h9-11,15H,1-8,12H2. The molecule has 0 amide bonds. The minimum absolute atomic E-state index is 0.227. The fraction of sp³-hybridized carbons (Fsp3) is 0.625. The molecule has 134 valence electrons. The molecule has 2 aliphatic heterocycles. The Bertz CT molecular complexity index is 658. The van der Waals surface area contributed by atoms with Crippen LogP contribution in [0.5, 0.6) is 0 Å². The van der Waals surface area contributed by atoms with E-state index in [1.807, 2.05) is 0 Å². The molecule has 24 heavy (non-hydrogen) atoms. The predicted molar refractivity (Wildman–Crippen MR) is 85.1 cm³/mol. The Kier molecular flexibility index (Phi) is 5.49. The van der Waals surface area contributed by atoms with Gasteiger partial charge in [0.15, 0.2) is 0 Å². The van der Waals surface area contributed by atoms with Crippen LogP contribution in [-0.4, -0.2) is 63.1 Å². The van der Waals surface area contributed by atoms with Crippen LogP contribution in [0.15, 0.2) is 23.1 Å². The molecule has 3 rings (SSSR count). The molecule has 2 saturated heterocycles. The molecule has 0 aliphatic carbocycles. The van der Waals surface area contributed by atoms with Crippen molar-refractivity contribution in [2.45, 2.75) is 30.3 Å². The minimum atomic E-state index is -3.89. The van der Waals surface area contributed by atoms with Crippen molar-refractivity contribution in [3.63, 3.8) is 0 Å². The van der Waals surface area contributed by atoms with Crippen molar-refractivity contribution in [2.24, 2.45) is 0 Å². The second-order valence-corrected chi connectivity index (χ2v) is 8.24. The molecule has 5 nitrogen and oxygen atoms in total. The summed E-state index contributed by atoms with van der Waals surface area (Å²) in [7, 11) is -3.89. The molecule has 0 aromatic heterocycles. The largest absolute Gasteiger partial charge is 0.377 e. The fourth-order valence-electron chi connectivity index (χ4n) is 3.27. The summed E-state index contributed by atoms with van der Waals surface area (Å²) in [6.45, 7) is 3.66. The second-order valence-electron chi connectivity index (χ2n) is 6.30. The SMILES string of the molecule is O=S(=O)(c1cc(F)cc(F)c1)N1CCCN(CC2CCCO2)CC1. The molecule has 2 fully saturated rings. The highest BCUT2D eigenvalue weighted by molar-refractivity contribution is 7.89. The van der Waals surface area contributed by atoms with Crippen LogP contribution in [0.4, 0.5) is 8.78 Å². The highest BCUT2D eigenvalue weighted by atomic mass is 32.2. The van der Waals surface area contributed by atoms with Gasteiger partial charge in [0.2, 0.25) is 10.0 Å². The van der Waals surface area contributed by atoms with Gasteiger partial charge < -0.3 is 4.74 Å². The third-order valence-electron chi connectivity index (χ3n) is 4.51. The van der Waals surface area contributed by atoms with Crippen molar-refractivity contribution in [3.8, 4) is 0 Å². The zero-order valence-electron chi connectivity index (χ0n) is 13.5. The normalized spacial score (nSPS) is 24.2. The van der Waals surface area contributed by atoms with Crippen LogP contribution >= 0.6 is 0 Å². The Morgan fingerprint density at radius 2 is 1.79 bits per heavy atom. The second kappa shape index (κ2) is 7.43. The van der Waals surface area contributed by atoms with Crippen LogP contribution in [0.2, 0.25) is 0 Å². The molecule has 0 N–H and O–H groups in total. The Morgan fingerprint density at radius 1 is 1.04 bits per heavy atom. The van der Waals surface area contributed by atoms with Gasteiger partial charge in [0, 0.05) is 38.9 Å². The number of rotatable bonds is 4. The maximum absolute atomic E-state index is 13.4. The van der Waals surface area contributed by atoms with Crippen molar-refractivity contribution >= 4 is 10.0 Å². The lowest BCUT2D eigenvalue weighted by atomic mass is 10.2. The maximum atomic E-state index is 13.4. The maximum Gasteiger partial charge on any atom is 0.243 e. The summed E-state index contributed by atoms with van der Waals surface area (Å²) in [6.07, 6.45) is 3.03. The van der Waals surface area contributed by atoms with Crippen molar-refractivity contribution in [3.05, 3.63) is 29.8 Å². The van der Waals surface area contributed by atoms with Crippen LogP contribution in [0, 0.1) is 11.6 Å². The van der Waals surface area contributed by atoms with Crippen molar-refractivity contribution in [1.82, 2.24) is 9.21 Å². The molecule has 2 aliphatic rings. The molecule has 2 heterocycles. The van der Waals surface area contributed by atoms with Crippen LogP contribution in [0.25, 0.3) is 0 Å². The number of ether oxygens (including phenoxy) is 1. The third kappa shape index (κ3) is 4.11. The number of hydrogen-bond acceptors (Lipinski definition) is 4. The van der Waals surface area contributed by atoms with Gasteiger partial charge in [-0.25, -0.2) is 17.2 Å². The number of nitrogens with zero attached hydrogens (tertiary/aromatic N) is 2. The number of halogens is 2. The summed E-state index contributed by atoms with van der Waals surface area (Å²) in [6, 6.07) is 2.41. The number of sulfonamides is 1. The van der Waals surface area contributed by atoms with E-state index in [2.05, 4.69) is 4.90 Å². The van der Waals surface area contributed by atoms with E-state index in [0.29, 0.717) is 32.1 Å². The summed E-state index contributed by atoms with van der Waals surface area (Å²) in [5.74, 6) is -1.77. The average Bonchev–Trinajstić information content (AvgIpc) is 2.90. The summed E-state index contributed by atoms with van der Waals surface area (Å²) in [4.78, 5) is 1.88. The van der Waals surface area contributed by atoms with Crippen molar-refractivity contribution in [1.29, 1.82) is 0 Å². The first kappa shape index (κ1) is 17.7. The molecule has 0 radical (unpaired) electrons. The first-order valence-corrected chi connectivity index (χ1v) is 9.69. The Labute approximate surface area is 141 Å². The molecule has 1 atom stereocenters. The molecular formula is C16H22F2N2O3S. The molecule has 0 bridgehead atoms. The minimum Gasteiger partial charge on any atom is -0.377 e. The van der Waals surface area contributed by atoms with E-state index in [4.69, 9.17) is 4.74 Å². The highest BCUT2D eigenvalue weighted by Crippen LogP contribution is 2.21. The number of hydrogen-bond donors (Lipinski definition) is 0. The van der Waals surface area contributed by atoms with Gasteiger partial charge in [-0.2, -0.15) is 4.31 Å². The van der Waals surface area contributed by atoms with Gasteiger partial charge in [-0.05, 0) is 37.9 Å². The summed E-state index contributed by atoms with van der Waals surface area (Å²) in [5.41, 5.74) is 0. The van der Waals surface area contributed by atoms with E-state index < -0.39 is 21.7 Å². The lowest BCUT2D eigenvalue weighted by Gasteiger charge is -2.24. The molecular weight excluding hydrogens is 338 g/mol. The zero-order chi connectivity index (χ0) is 17.2. The zero-order valence-corrected chi connectivity index (χ0v) is 14.3. The first-order chi connectivity index (χ1) is 11.4. The summed E-state index contributed by atoms with van der Waals surface area (Å²) >= 11 is 0. The predicted octanol–water partition coefficient (Wildman–Crippen LogP) is 1.84. The van der Waals surface area contributed by atoms with Gasteiger partial charge in [-0.1, -0.05) is 0 Å². The molecule has 0 spiro atoms. The van der Waals surface area contributed by atoms with Crippen LogP contribution < -0.4 is 0 Å². The fourth-order valence-corrected chi connectivity index (χ4v) is 4.79. The lowest BCUT2D eigenvalue weighted by Crippen LogP contribution is -2.37. The molecule has 1 aromatic rings. The van der Waals surface area contributed by atoms with Gasteiger partial charge in [-0.15, -0.1) is 0 Å². The van der Waals surface area contributed by atoms with Crippen LogP contribution in [0.3, 0.4) is 0 Å². The van der Waals surface area contributed by atoms with E-state index in [0.717, 1.165) is 44.7 Å². The van der Waals surface area contributed by atoms with E-state index in [9.17, 15) is 17.2 Å². The van der Waals surface area contributed by atoms with E-state index in [1.54, 1.807) is 0 Å². The highest BCUT2D eigenvalue weighted by Gasteiger charge is 2.29. The van der Waals surface area contributed by atoms with Crippen LogP contribution in [-0.2, 0) is 14.8 Å². The quantitative estimate of drug-likeness (QED) is 0.822. The molecule has 1 unspecified atom stereocenters. The third-order valence-corrected chi connectivity index (χ3v) is 6.38. The van der Waals surface area contributed by atoms with Gasteiger partial charge >= 0.3 is 0 Å². The Morgan fingerprint density at radius 3 is 2.46 bits per heavy atom. The smallest absolute Gasteiger partial charge is 0.243 e. The Hall–Kier alpha value is -1.09. The monoisotopic (exact) mass is 360 g/mol. The number of benzene rings is 1. The first-order valence-electron chi connectivity index (χ1n) is 8.25. The van der Waals surface area contributed by atoms with E-state index in [-0.39, 0.29) is 11.0 Å². The van der Waals surface area contributed by atoms with Crippen LogP contribution in [0.1, 0.15) is 19.3 Å². The topological polar surface area (TPSA) is 49.9 Å². The average molecular weight is 360 g/mol. The molecule has 0 saturated carbocycles. The van der Waals surface area contributed by atoms with Crippen molar-refractivity contribution in [2.75, 3.05) is 39.3 Å². The summed E-state index contributed by atoms with van der Waals surface area (Å²) in [5, 5.41) is 0. The summed E-state index contributed by atoms with van der Waals surface area (Å²) < 4.78 is 58.9. The van der Waals surface area contributed by atoms with Gasteiger partial charge in [0.1, 0.15) is 11.6 Å². The van der Waals surface area contributed by atoms with Crippen molar-refractivity contribution < 1.29 is 21.9 Å². The molecule has 1 aromatic carbocycles. The molecule has 8 heteroatoms. The van der Waals surface area contributed by atoms with E-state index in [1.165, 1.54) is 4.31 Å². The van der Waals surface area contributed by atoms with Gasteiger partial charge in [0.25, 0.3) is 0 Å². The Balaban J connectivity index is 1.68. The van der Waals surface area contributed by atoms with Gasteiger partial charge in [-0.3, -0.25) is 4.90 Å². The van der Waals surface area contributed by atoms with Gasteiger partial charge in [0.05, 0.1) is 11.0 Å². The van der Waals surface area contributed by atoms with E-state index >= 15 is 0 Å².